The van der Waals surface area contributed by atoms with Crippen molar-refractivity contribution in [3.63, 3.8) is 0 Å². The van der Waals surface area contributed by atoms with Crippen molar-refractivity contribution in [1.29, 1.82) is 0 Å². The van der Waals surface area contributed by atoms with E-state index in [0.717, 1.165) is 57.7 Å². The number of nitrogens with zero attached hydrogens (tertiary/aromatic N) is 3. The SMILES string of the molecule is CC(C)(C)c1ccc(S(=O)(=O)Nc2cnc(N3CCNCC3)c(C(=O)N3CCCC3)c2)cc1. The number of hydrogen-bond acceptors (Lipinski definition) is 6. The molecule has 4 rings (SSSR count). The van der Waals surface area contributed by atoms with Gasteiger partial charge in [-0.2, -0.15) is 0 Å². The van der Waals surface area contributed by atoms with Gasteiger partial charge in [-0.1, -0.05) is 32.9 Å². The lowest BCUT2D eigenvalue weighted by Gasteiger charge is -2.30. The van der Waals surface area contributed by atoms with Gasteiger partial charge in [0.15, 0.2) is 0 Å². The van der Waals surface area contributed by atoms with E-state index in [1.807, 2.05) is 17.0 Å². The van der Waals surface area contributed by atoms with E-state index in [2.05, 4.69) is 40.7 Å². The molecule has 0 aliphatic carbocycles. The van der Waals surface area contributed by atoms with Crippen LogP contribution in [0, 0.1) is 0 Å². The Bertz CT molecular complexity index is 1100. The van der Waals surface area contributed by atoms with Crippen molar-refractivity contribution in [3.05, 3.63) is 47.7 Å². The molecule has 2 saturated heterocycles. The molecule has 33 heavy (non-hydrogen) atoms. The zero-order valence-electron chi connectivity index (χ0n) is 19.6. The topological polar surface area (TPSA) is 94.6 Å². The van der Waals surface area contributed by atoms with Gasteiger partial charge in [-0.15, -0.1) is 0 Å². The Hall–Kier alpha value is -2.65. The fourth-order valence-corrected chi connectivity index (χ4v) is 5.27. The van der Waals surface area contributed by atoms with Gasteiger partial charge in [-0.05, 0) is 42.0 Å². The molecule has 0 radical (unpaired) electrons. The molecular weight excluding hydrogens is 438 g/mol. The third-order valence-electron chi connectivity index (χ3n) is 6.19. The van der Waals surface area contributed by atoms with Gasteiger partial charge < -0.3 is 15.1 Å². The smallest absolute Gasteiger partial charge is 0.261 e. The molecule has 2 aliphatic heterocycles. The molecule has 2 fully saturated rings. The Morgan fingerprint density at radius 3 is 2.27 bits per heavy atom. The third kappa shape index (κ3) is 5.30. The molecule has 9 heteroatoms. The molecule has 178 valence electrons. The Morgan fingerprint density at radius 2 is 1.67 bits per heavy atom. The fraction of sp³-hybridized carbons (Fsp3) is 0.500. The van der Waals surface area contributed by atoms with Gasteiger partial charge >= 0.3 is 0 Å². The summed E-state index contributed by atoms with van der Waals surface area (Å²) in [6.07, 6.45) is 3.47. The molecule has 0 spiro atoms. The van der Waals surface area contributed by atoms with Crippen LogP contribution in [0.4, 0.5) is 11.5 Å². The summed E-state index contributed by atoms with van der Waals surface area (Å²) >= 11 is 0. The summed E-state index contributed by atoms with van der Waals surface area (Å²) in [5.74, 6) is 0.523. The maximum Gasteiger partial charge on any atom is 0.261 e. The lowest BCUT2D eigenvalue weighted by molar-refractivity contribution is 0.0793. The van der Waals surface area contributed by atoms with Gasteiger partial charge in [0.25, 0.3) is 15.9 Å². The average molecular weight is 472 g/mol. The maximum absolute atomic E-state index is 13.3. The number of aromatic nitrogens is 1. The van der Waals surface area contributed by atoms with E-state index in [9.17, 15) is 13.2 Å². The van der Waals surface area contributed by atoms with E-state index in [1.165, 1.54) is 6.20 Å². The van der Waals surface area contributed by atoms with Crippen LogP contribution in [0.25, 0.3) is 0 Å². The Kier molecular flexibility index (Phi) is 6.63. The van der Waals surface area contributed by atoms with Crippen LogP contribution in [0.5, 0.6) is 0 Å². The van der Waals surface area contributed by atoms with Crippen molar-refractivity contribution in [2.24, 2.45) is 0 Å². The number of hydrogen-bond donors (Lipinski definition) is 2. The Morgan fingerprint density at radius 1 is 1.03 bits per heavy atom. The summed E-state index contributed by atoms with van der Waals surface area (Å²) in [5, 5.41) is 3.31. The van der Waals surface area contributed by atoms with Crippen LogP contribution in [-0.2, 0) is 15.4 Å². The van der Waals surface area contributed by atoms with Crippen LogP contribution in [-0.4, -0.2) is 63.5 Å². The predicted molar refractivity (Wildman–Crippen MR) is 130 cm³/mol. The Labute approximate surface area is 196 Å². The van der Waals surface area contributed by atoms with Gasteiger partial charge in [0.05, 0.1) is 22.3 Å². The van der Waals surface area contributed by atoms with E-state index >= 15 is 0 Å². The first kappa shape index (κ1) is 23.5. The first-order valence-corrected chi connectivity index (χ1v) is 13.0. The summed E-state index contributed by atoms with van der Waals surface area (Å²) in [7, 11) is -3.81. The second-order valence-electron chi connectivity index (χ2n) is 9.71. The highest BCUT2D eigenvalue weighted by molar-refractivity contribution is 7.92. The average Bonchev–Trinajstić information content (AvgIpc) is 3.33. The van der Waals surface area contributed by atoms with Crippen LogP contribution in [0.15, 0.2) is 41.4 Å². The Balaban J connectivity index is 1.63. The van der Waals surface area contributed by atoms with Crippen molar-refractivity contribution in [2.45, 2.75) is 43.9 Å². The molecule has 8 nitrogen and oxygen atoms in total. The number of carbonyl (C=O) groups is 1. The summed E-state index contributed by atoms with van der Waals surface area (Å²) in [4.78, 5) is 21.9. The number of carbonyl (C=O) groups excluding carboxylic acids is 1. The van der Waals surface area contributed by atoms with E-state index < -0.39 is 10.0 Å². The lowest BCUT2D eigenvalue weighted by atomic mass is 9.87. The summed E-state index contributed by atoms with van der Waals surface area (Å²) in [6.45, 7) is 10.8. The van der Waals surface area contributed by atoms with Crippen molar-refractivity contribution in [2.75, 3.05) is 48.9 Å². The molecule has 0 atom stereocenters. The number of pyridine rings is 1. The molecule has 0 unspecified atom stereocenters. The zero-order chi connectivity index (χ0) is 23.6. The molecule has 1 aromatic carbocycles. The minimum atomic E-state index is -3.81. The van der Waals surface area contributed by atoms with Gasteiger partial charge in [0, 0.05) is 39.3 Å². The molecule has 0 saturated carbocycles. The minimum absolute atomic E-state index is 0.0652. The molecule has 3 heterocycles. The number of nitrogens with one attached hydrogen (secondary N) is 2. The van der Waals surface area contributed by atoms with Crippen LogP contribution in [0.3, 0.4) is 0 Å². The van der Waals surface area contributed by atoms with E-state index in [4.69, 9.17) is 0 Å². The highest BCUT2D eigenvalue weighted by Gasteiger charge is 2.27. The predicted octanol–water partition coefficient (Wildman–Crippen LogP) is 2.83. The number of benzene rings is 1. The summed E-state index contributed by atoms with van der Waals surface area (Å²) in [6, 6.07) is 8.53. The van der Waals surface area contributed by atoms with Crippen molar-refractivity contribution in [1.82, 2.24) is 15.2 Å². The van der Waals surface area contributed by atoms with Gasteiger partial charge in [0.1, 0.15) is 5.82 Å². The van der Waals surface area contributed by atoms with E-state index in [1.54, 1.807) is 18.2 Å². The number of amides is 1. The number of rotatable bonds is 5. The van der Waals surface area contributed by atoms with Crippen molar-refractivity contribution < 1.29 is 13.2 Å². The first-order valence-electron chi connectivity index (χ1n) is 11.5. The van der Waals surface area contributed by atoms with Gasteiger partial charge in [-0.3, -0.25) is 9.52 Å². The zero-order valence-corrected chi connectivity index (χ0v) is 20.4. The molecule has 2 aliphatic rings. The van der Waals surface area contributed by atoms with Gasteiger partial charge in [-0.25, -0.2) is 13.4 Å². The largest absolute Gasteiger partial charge is 0.353 e. The van der Waals surface area contributed by atoms with Crippen LogP contribution in [0.1, 0.15) is 49.5 Å². The number of sulfonamides is 1. The van der Waals surface area contributed by atoms with E-state index in [-0.39, 0.29) is 21.9 Å². The number of anilines is 2. The second kappa shape index (κ2) is 9.30. The standard InChI is InChI=1S/C24H33N5O3S/c1-24(2,3)18-6-8-20(9-7-18)33(31,32)27-19-16-21(23(30)29-12-4-5-13-29)22(26-17-19)28-14-10-25-11-15-28/h6-9,16-17,25,27H,4-5,10-15H2,1-3H3. The fourth-order valence-electron chi connectivity index (χ4n) is 4.24. The highest BCUT2D eigenvalue weighted by Crippen LogP contribution is 2.27. The van der Waals surface area contributed by atoms with Gasteiger partial charge in [0.2, 0.25) is 0 Å². The molecule has 1 amide bonds. The molecular formula is C24H33N5O3S. The molecule has 2 N–H and O–H groups in total. The number of likely N-dealkylation sites (tertiary alicyclic amines) is 1. The molecule has 1 aromatic heterocycles. The van der Waals surface area contributed by atoms with Crippen LogP contribution in [0.2, 0.25) is 0 Å². The first-order chi connectivity index (χ1) is 15.6. The third-order valence-corrected chi connectivity index (χ3v) is 7.59. The van der Waals surface area contributed by atoms with Crippen molar-refractivity contribution in [3.8, 4) is 0 Å². The summed E-state index contributed by atoms with van der Waals surface area (Å²) < 4.78 is 28.7. The molecule has 0 bridgehead atoms. The van der Waals surface area contributed by atoms with Crippen LogP contribution >= 0.6 is 0 Å². The highest BCUT2D eigenvalue weighted by atomic mass is 32.2. The quantitative estimate of drug-likeness (QED) is 0.696. The monoisotopic (exact) mass is 471 g/mol. The van der Waals surface area contributed by atoms with Crippen molar-refractivity contribution >= 4 is 27.4 Å². The normalized spacial score (nSPS) is 17.3. The second-order valence-corrected chi connectivity index (χ2v) is 11.4. The lowest BCUT2D eigenvalue weighted by Crippen LogP contribution is -2.45. The van der Waals surface area contributed by atoms with Crippen LogP contribution < -0.4 is 14.9 Å². The number of piperazine rings is 1. The van der Waals surface area contributed by atoms with E-state index in [0.29, 0.717) is 11.4 Å². The molecule has 2 aromatic rings. The summed E-state index contributed by atoms with van der Waals surface area (Å²) in [5.41, 5.74) is 1.73. The maximum atomic E-state index is 13.3. The minimum Gasteiger partial charge on any atom is -0.353 e.